The van der Waals surface area contributed by atoms with Crippen LogP contribution >= 0.6 is 11.3 Å². The summed E-state index contributed by atoms with van der Waals surface area (Å²) in [5, 5.41) is 6.12. The number of nitrogens with zero attached hydrogens (tertiary/aromatic N) is 1. The maximum Gasteiger partial charge on any atom is 0.263 e. The molecule has 2 N–H and O–H groups in total. The minimum Gasteiger partial charge on any atom is -0.381 e. The van der Waals surface area contributed by atoms with E-state index in [9.17, 15) is 9.59 Å². The minimum absolute atomic E-state index is 0.0678. The fraction of sp³-hybridized carbons (Fsp3) is 0.583. The molecule has 6 nitrogen and oxygen atoms in total. The second-order valence-corrected chi connectivity index (χ2v) is 5.70. The monoisotopic (exact) mass is 281 g/mol. The van der Waals surface area contributed by atoms with Crippen molar-refractivity contribution in [3.63, 3.8) is 0 Å². The second-order valence-electron chi connectivity index (χ2n) is 4.70. The number of ether oxygens (including phenoxy) is 1. The predicted molar refractivity (Wildman–Crippen MR) is 70.3 cm³/mol. The van der Waals surface area contributed by atoms with Gasteiger partial charge in [0, 0.05) is 13.2 Å². The van der Waals surface area contributed by atoms with Crippen LogP contribution in [0.4, 0.5) is 5.13 Å². The maximum atomic E-state index is 12.0. The van der Waals surface area contributed by atoms with E-state index in [0.29, 0.717) is 29.8 Å². The van der Waals surface area contributed by atoms with E-state index >= 15 is 0 Å². The van der Waals surface area contributed by atoms with Crippen LogP contribution in [0.15, 0.2) is 0 Å². The molecule has 2 amide bonds. The van der Waals surface area contributed by atoms with Crippen molar-refractivity contribution in [3.8, 4) is 0 Å². The Bertz CT molecular complexity index is 508. The van der Waals surface area contributed by atoms with Crippen molar-refractivity contribution in [1.29, 1.82) is 0 Å². The van der Waals surface area contributed by atoms with Gasteiger partial charge >= 0.3 is 0 Å². The van der Waals surface area contributed by atoms with Crippen LogP contribution in [0.2, 0.25) is 0 Å². The van der Waals surface area contributed by atoms with Gasteiger partial charge in [0.2, 0.25) is 5.91 Å². The van der Waals surface area contributed by atoms with Crippen molar-refractivity contribution >= 4 is 28.3 Å². The smallest absolute Gasteiger partial charge is 0.263 e. The van der Waals surface area contributed by atoms with Crippen molar-refractivity contribution in [3.05, 3.63) is 10.6 Å². The Labute approximate surface area is 114 Å². The van der Waals surface area contributed by atoms with Crippen molar-refractivity contribution in [1.82, 2.24) is 10.3 Å². The Hall–Kier alpha value is -1.47. The van der Waals surface area contributed by atoms with Gasteiger partial charge in [-0.1, -0.05) is 11.3 Å². The Balaban J connectivity index is 1.73. The third-order valence-corrected chi connectivity index (χ3v) is 4.32. The highest BCUT2D eigenvalue weighted by molar-refractivity contribution is 7.17. The molecule has 7 heteroatoms. The van der Waals surface area contributed by atoms with Crippen molar-refractivity contribution in [2.24, 2.45) is 5.92 Å². The molecule has 3 heterocycles. The highest BCUT2D eigenvalue weighted by Crippen LogP contribution is 2.26. The summed E-state index contributed by atoms with van der Waals surface area (Å²) >= 11 is 1.25. The lowest BCUT2D eigenvalue weighted by atomic mass is 10.1. The van der Waals surface area contributed by atoms with E-state index < -0.39 is 0 Å². The number of fused-ring (bicyclic) bond motifs is 1. The minimum atomic E-state index is -0.0995. The SMILES string of the molecule is O=C1NCCCc2nc(NC(=O)[C@H]3CCOC3)sc21. The number of aromatic nitrogens is 1. The lowest BCUT2D eigenvalue weighted by molar-refractivity contribution is -0.119. The van der Waals surface area contributed by atoms with E-state index in [1.165, 1.54) is 11.3 Å². The standard InChI is InChI=1S/C12H15N3O3S/c16-10(7-3-5-18-6-7)15-12-14-8-2-1-4-13-11(17)9(8)19-12/h7H,1-6H2,(H,13,17)(H,14,15,16)/t7-/m0/s1. The van der Waals surface area contributed by atoms with Crippen LogP contribution in [-0.4, -0.2) is 36.6 Å². The van der Waals surface area contributed by atoms with Crippen molar-refractivity contribution < 1.29 is 14.3 Å². The number of carbonyl (C=O) groups is 2. The Morgan fingerprint density at radius 3 is 3.21 bits per heavy atom. The maximum absolute atomic E-state index is 12.0. The number of anilines is 1. The van der Waals surface area contributed by atoms with Crippen molar-refractivity contribution in [2.75, 3.05) is 25.1 Å². The lowest BCUT2D eigenvalue weighted by Gasteiger charge is -2.06. The van der Waals surface area contributed by atoms with Gasteiger partial charge in [0.25, 0.3) is 5.91 Å². The second kappa shape index (κ2) is 5.26. The van der Waals surface area contributed by atoms with E-state index in [-0.39, 0.29) is 17.7 Å². The molecule has 3 rings (SSSR count). The van der Waals surface area contributed by atoms with Crippen LogP contribution in [0.1, 0.15) is 28.2 Å². The molecule has 19 heavy (non-hydrogen) atoms. The Kier molecular flexibility index (Phi) is 3.48. The Morgan fingerprint density at radius 1 is 1.53 bits per heavy atom. The molecular weight excluding hydrogens is 266 g/mol. The Morgan fingerprint density at radius 2 is 2.42 bits per heavy atom. The summed E-state index contributed by atoms with van der Waals surface area (Å²) in [5.74, 6) is -0.256. The largest absolute Gasteiger partial charge is 0.381 e. The topological polar surface area (TPSA) is 80.3 Å². The molecule has 0 aliphatic carbocycles. The molecule has 0 spiro atoms. The molecule has 1 aromatic rings. The number of hydrogen-bond acceptors (Lipinski definition) is 5. The zero-order valence-electron chi connectivity index (χ0n) is 10.4. The van der Waals surface area contributed by atoms with Gasteiger partial charge in [-0.2, -0.15) is 0 Å². The van der Waals surface area contributed by atoms with Crippen LogP contribution < -0.4 is 10.6 Å². The lowest BCUT2D eigenvalue weighted by Crippen LogP contribution is -2.23. The first-order valence-corrected chi connectivity index (χ1v) is 7.22. The van der Waals surface area contributed by atoms with Gasteiger partial charge in [-0.3, -0.25) is 9.59 Å². The first-order valence-electron chi connectivity index (χ1n) is 6.40. The highest BCUT2D eigenvalue weighted by atomic mass is 32.1. The fourth-order valence-electron chi connectivity index (χ4n) is 2.24. The summed E-state index contributed by atoms with van der Waals surface area (Å²) in [6.45, 7) is 1.79. The average Bonchev–Trinajstić information content (AvgIpc) is 3.01. The van der Waals surface area contributed by atoms with Gasteiger partial charge in [0.15, 0.2) is 5.13 Å². The van der Waals surface area contributed by atoms with Crippen molar-refractivity contribution in [2.45, 2.75) is 19.3 Å². The summed E-state index contributed by atoms with van der Waals surface area (Å²) in [4.78, 5) is 28.7. The van der Waals surface area contributed by atoms with E-state index in [1.54, 1.807) is 0 Å². The summed E-state index contributed by atoms with van der Waals surface area (Å²) in [6, 6.07) is 0. The number of nitrogens with one attached hydrogen (secondary N) is 2. The first-order chi connectivity index (χ1) is 9.24. The zero-order valence-corrected chi connectivity index (χ0v) is 11.2. The molecule has 1 aromatic heterocycles. The van der Waals surface area contributed by atoms with Crippen LogP contribution in [0, 0.1) is 5.92 Å². The van der Waals surface area contributed by atoms with Crippen LogP contribution in [0.25, 0.3) is 0 Å². The molecule has 0 unspecified atom stereocenters. The fourth-order valence-corrected chi connectivity index (χ4v) is 3.17. The highest BCUT2D eigenvalue weighted by Gasteiger charge is 2.26. The summed E-state index contributed by atoms with van der Waals surface area (Å²) < 4.78 is 5.19. The normalized spacial score (nSPS) is 22.5. The predicted octanol–water partition coefficient (Wildman–Crippen LogP) is 0.794. The molecule has 0 bridgehead atoms. The number of hydrogen-bond donors (Lipinski definition) is 2. The van der Waals surface area contributed by atoms with E-state index in [1.807, 2.05) is 0 Å². The van der Waals surface area contributed by atoms with Gasteiger partial charge in [0.1, 0.15) is 4.88 Å². The van der Waals surface area contributed by atoms with Gasteiger partial charge in [-0.25, -0.2) is 4.98 Å². The summed E-state index contributed by atoms with van der Waals surface area (Å²) in [5.41, 5.74) is 0.790. The summed E-state index contributed by atoms with van der Waals surface area (Å²) in [6.07, 6.45) is 2.40. The van der Waals surface area contributed by atoms with Crippen LogP contribution in [0.5, 0.6) is 0 Å². The molecule has 102 valence electrons. The van der Waals surface area contributed by atoms with Crippen LogP contribution in [-0.2, 0) is 16.0 Å². The summed E-state index contributed by atoms with van der Waals surface area (Å²) in [7, 11) is 0. The molecule has 1 atom stereocenters. The van der Waals surface area contributed by atoms with Gasteiger partial charge in [-0.15, -0.1) is 0 Å². The molecule has 0 radical (unpaired) electrons. The zero-order chi connectivity index (χ0) is 13.2. The molecule has 1 saturated heterocycles. The quantitative estimate of drug-likeness (QED) is 0.840. The van der Waals surface area contributed by atoms with E-state index in [2.05, 4.69) is 15.6 Å². The molecule has 2 aliphatic heterocycles. The number of aryl methyl sites for hydroxylation is 1. The molecule has 0 aromatic carbocycles. The average molecular weight is 281 g/mol. The molecule has 0 saturated carbocycles. The third-order valence-electron chi connectivity index (χ3n) is 3.31. The number of amides is 2. The number of rotatable bonds is 2. The van der Waals surface area contributed by atoms with Crippen LogP contribution in [0.3, 0.4) is 0 Å². The number of thiazole rings is 1. The molecule has 2 aliphatic rings. The van der Waals surface area contributed by atoms with E-state index in [0.717, 1.165) is 25.0 Å². The molecule has 1 fully saturated rings. The first kappa shape index (κ1) is 12.6. The number of carbonyl (C=O) groups excluding carboxylic acids is 2. The molecular formula is C12H15N3O3S. The van der Waals surface area contributed by atoms with E-state index in [4.69, 9.17) is 4.74 Å². The van der Waals surface area contributed by atoms with Gasteiger partial charge in [0.05, 0.1) is 18.2 Å². The van der Waals surface area contributed by atoms with Gasteiger partial charge in [-0.05, 0) is 19.3 Å². The third kappa shape index (κ3) is 2.62. The van der Waals surface area contributed by atoms with Gasteiger partial charge < -0.3 is 15.4 Å².